The molecule has 0 aliphatic heterocycles. The summed E-state index contributed by atoms with van der Waals surface area (Å²) in [6, 6.07) is 13.8. The quantitative estimate of drug-likeness (QED) is 0.525. The van der Waals surface area contributed by atoms with Gasteiger partial charge in [0.25, 0.3) is 0 Å². The zero-order valence-electron chi connectivity index (χ0n) is 20.1. The van der Waals surface area contributed by atoms with Crippen molar-refractivity contribution in [1.29, 1.82) is 5.41 Å². The van der Waals surface area contributed by atoms with Crippen molar-refractivity contribution < 1.29 is 9.90 Å². The number of benzene rings is 2. The number of aryl methyl sites for hydroxylation is 2. The van der Waals surface area contributed by atoms with Crippen LogP contribution in [0.5, 0.6) is 5.75 Å². The second-order valence-electron chi connectivity index (χ2n) is 10.5. The lowest BCUT2D eigenvalue weighted by Gasteiger charge is -2.28. The summed E-state index contributed by atoms with van der Waals surface area (Å²) in [5, 5.41) is 19.4. The summed E-state index contributed by atoms with van der Waals surface area (Å²) in [4.78, 5) is 13.2. The second kappa shape index (κ2) is 8.81. The van der Waals surface area contributed by atoms with Gasteiger partial charge in [0.05, 0.1) is 6.54 Å². The van der Waals surface area contributed by atoms with Gasteiger partial charge in [-0.25, -0.2) is 0 Å². The van der Waals surface area contributed by atoms with Crippen LogP contribution in [0, 0.1) is 5.41 Å². The molecule has 0 radical (unpaired) electrons. The minimum atomic E-state index is -0.297. The molecule has 1 aromatic heterocycles. The summed E-state index contributed by atoms with van der Waals surface area (Å²) < 4.78 is 3.53. The number of phenols is 1. The first-order valence-electron chi connectivity index (χ1n) is 11.1. The molecule has 0 unspecified atom stereocenters. The van der Waals surface area contributed by atoms with Crippen LogP contribution in [0.15, 0.2) is 54.9 Å². The largest absolute Gasteiger partial charge is 0.507 e. The molecule has 0 aliphatic carbocycles. The van der Waals surface area contributed by atoms with Crippen molar-refractivity contribution in [3.63, 3.8) is 0 Å². The third-order valence-electron chi connectivity index (χ3n) is 5.82. The average molecular weight is 434 g/mol. The van der Waals surface area contributed by atoms with E-state index in [9.17, 15) is 9.90 Å². The average Bonchev–Trinajstić information content (AvgIpc) is 3.05. The highest BCUT2D eigenvalue weighted by Gasteiger charge is 2.27. The number of carbonyl (C=O) groups excluding carboxylic acids is 1. The van der Waals surface area contributed by atoms with Gasteiger partial charge in [0.2, 0.25) is 5.62 Å². The number of ketones is 1. The van der Waals surface area contributed by atoms with Crippen LogP contribution in [-0.4, -0.2) is 20.0 Å². The zero-order chi connectivity index (χ0) is 23.7. The minimum Gasteiger partial charge on any atom is -0.507 e. The molecule has 5 heteroatoms. The van der Waals surface area contributed by atoms with Crippen LogP contribution < -0.4 is 5.62 Å². The number of rotatable bonds is 6. The van der Waals surface area contributed by atoms with Crippen LogP contribution in [0.2, 0.25) is 0 Å². The predicted molar refractivity (Wildman–Crippen MR) is 128 cm³/mol. The van der Waals surface area contributed by atoms with Crippen molar-refractivity contribution in [2.75, 3.05) is 0 Å². The monoisotopic (exact) mass is 433 g/mol. The number of Topliss-reactive ketones (excluding diaryl/α,β-unsaturated/α-hetero) is 1. The SMILES string of the molecule is CC(C)(C)c1cc(C(=O)Cn2ccn(CCc3ccccc3)c2=N)cc(C(C)(C)C)c1O. The highest BCUT2D eigenvalue weighted by atomic mass is 16.3. The number of phenolic OH excluding ortho intramolecular Hbond substituents is 1. The van der Waals surface area contributed by atoms with Crippen molar-refractivity contribution in [3.05, 3.63) is 82.7 Å². The van der Waals surface area contributed by atoms with E-state index < -0.39 is 0 Å². The number of aromatic hydroxyl groups is 1. The van der Waals surface area contributed by atoms with Crippen LogP contribution >= 0.6 is 0 Å². The van der Waals surface area contributed by atoms with Crippen LogP contribution in [0.1, 0.15) is 68.6 Å². The number of imidazole rings is 1. The number of carbonyl (C=O) groups is 1. The minimum absolute atomic E-state index is 0.0692. The maximum atomic E-state index is 13.2. The van der Waals surface area contributed by atoms with Gasteiger partial charge in [-0.05, 0) is 34.9 Å². The number of aromatic nitrogens is 2. The molecule has 0 saturated heterocycles. The summed E-state index contributed by atoms with van der Waals surface area (Å²) in [6.45, 7) is 13.0. The Morgan fingerprint density at radius 2 is 1.44 bits per heavy atom. The Labute approximate surface area is 190 Å². The summed E-state index contributed by atoms with van der Waals surface area (Å²) in [5.41, 5.74) is 3.04. The van der Waals surface area contributed by atoms with Crippen LogP contribution in [-0.2, 0) is 30.3 Å². The molecule has 0 fully saturated rings. The van der Waals surface area contributed by atoms with Crippen molar-refractivity contribution in [3.8, 4) is 5.75 Å². The van der Waals surface area contributed by atoms with Crippen LogP contribution in [0.3, 0.4) is 0 Å². The number of hydrogen-bond donors (Lipinski definition) is 2. The fourth-order valence-electron chi connectivity index (χ4n) is 3.85. The van der Waals surface area contributed by atoms with Gasteiger partial charge in [-0.1, -0.05) is 71.9 Å². The maximum absolute atomic E-state index is 13.2. The first-order chi connectivity index (χ1) is 14.9. The van der Waals surface area contributed by atoms with Gasteiger partial charge in [0.1, 0.15) is 5.75 Å². The van der Waals surface area contributed by atoms with Gasteiger partial charge in [0.15, 0.2) is 5.78 Å². The first kappa shape index (κ1) is 23.6. The van der Waals surface area contributed by atoms with E-state index in [1.807, 2.05) is 82.6 Å². The van der Waals surface area contributed by atoms with Gasteiger partial charge in [-0.15, -0.1) is 0 Å². The Balaban J connectivity index is 1.86. The summed E-state index contributed by atoms with van der Waals surface area (Å²) >= 11 is 0. The molecule has 1 heterocycles. The van der Waals surface area contributed by atoms with Crippen molar-refractivity contribution >= 4 is 5.78 Å². The standard InChI is InChI=1S/C27H35N3O2/c1-26(2,3)21-16-20(17-22(24(21)32)27(4,5)6)23(31)18-30-15-14-29(25(30)28)13-12-19-10-8-7-9-11-19/h7-11,14-17,28,32H,12-13,18H2,1-6H3. The van der Waals surface area contributed by atoms with Gasteiger partial charge >= 0.3 is 0 Å². The molecule has 0 aliphatic rings. The van der Waals surface area contributed by atoms with E-state index in [1.165, 1.54) is 5.56 Å². The molecule has 0 atom stereocenters. The van der Waals surface area contributed by atoms with E-state index in [1.54, 1.807) is 10.8 Å². The number of nitrogens with zero attached hydrogens (tertiary/aromatic N) is 2. The van der Waals surface area contributed by atoms with Crippen molar-refractivity contribution in [1.82, 2.24) is 9.13 Å². The van der Waals surface area contributed by atoms with Gasteiger partial charge in [-0.3, -0.25) is 10.2 Å². The van der Waals surface area contributed by atoms with E-state index >= 15 is 0 Å². The van der Waals surface area contributed by atoms with E-state index in [2.05, 4.69) is 12.1 Å². The smallest absolute Gasteiger partial charge is 0.202 e. The molecule has 170 valence electrons. The molecule has 3 aromatic rings. The summed E-state index contributed by atoms with van der Waals surface area (Å²) in [7, 11) is 0. The fraction of sp³-hybridized carbons (Fsp3) is 0.407. The number of nitrogens with one attached hydrogen (secondary N) is 1. The number of hydrogen-bond acceptors (Lipinski definition) is 3. The topological polar surface area (TPSA) is 71.0 Å². The van der Waals surface area contributed by atoms with Gasteiger partial charge < -0.3 is 14.2 Å². The normalized spacial score (nSPS) is 12.2. The summed E-state index contributed by atoms with van der Waals surface area (Å²) in [6.07, 6.45) is 4.48. The molecular formula is C27H35N3O2. The second-order valence-corrected chi connectivity index (χ2v) is 10.5. The molecule has 32 heavy (non-hydrogen) atoms. The van der Waals surface area contributed by atoms with E-state index in [0.717, 1.165) is 17.5 Å². The molecule has 0 amide bonds. The highest BCUT2D eigenvalue weighted by molar-refractivity contribution is 5.96. The molecule has 2 N–H and O–H groups in total. The molecule has 2 aromatic carbocycles. The van der Waals surface area contributed by atoms with Crippen molar-refractivity contribution in [2.45, 2.75) is 71.9 Å². The Morgan fingerprint density at radius 1 is 0.906 bits per heavy atom. The lowest BCUT2D eigenvalue weighted by molar-refractivity contribution is 0.0969. The van der Waals surface area contributed by atoms with Crippen molar-refractivity contribution in [2.24, 2.45) is 0 Å². The van der Waals surface area contributed by atoms with Crippen LogP contribution in [0.4, 0.5) is 0 Å². The molecular weight excluding hydrogens is 398 g/mol. The zero-order valence-corrected chi connectivity index (χ0v) is 20.1. The van der Waals surface area contributed by atoms with Crippen LogP contribution in [0.25, 0.3) is 0 Å². The maximum Gasteiger partial charge on any atom is 0.202 e. The Bertz CT molecular complexity index is 1120. The van der Waals surface area contributed by atoms with E-state index in [0.29, 0.717) is 17.7 Å². The molecule has 0 saturated carbocycles. The lowest BCUT2D eigenvalue weighted by atomic mass is 9.78. The molecule has 0 bridgehead atoms. The molecule has 0 spiro atoms. The Hall–Kier alpha value is -3.08. The van der Waals surface area contributed by atoms with E-state index in [4.69, 9.17) is 5.41 Å². The highest BCUT2D eigenvalue weighted by Crippen LogP contribution is 2.39. The Kier molecular flexibility index (Phi) is 6.49. The van der Waals surface area contributed by atoms with Gasteiger partial charge in [-0.2, -0.15) is 0 Å². The molecule has 5 nitrogen and oxygen atoms in total. The summed E-state index contributed by atoms with van der Waals surface area (Å²) in [5.74, 6) is 0.197. The third-order valence-corrected chi connectivity index (χ3v) is 5.82. The lowest BCUT2D eigenvalue weighted by Crippen LogP contribution is -2.28. The van der Waals surface area contributed by atoms with E-state index in [-0.39, 0.29) is 28.9 Å². The third kappa shape index (κ3) is 5.21. The first-order valence-corrected chi connectivity index (χ1v) is 11.1. The fourth-order valence-corrected chi connectivity index (χ4v) is 3.85. The Morgan fingerprint density at radius 3 is 1.97 bits per heavy atom. The van der Waals surface area contributed by atoms with Gasteiger partial charge in [0, 0.05) is 35.6 Å². The molecule has 3 rings (SSSR count). The predicted octanol–water partition coefficient (Wildman–Crippen LogP) is 5.20.